The third-order valence-corrected chi connectivity index (χ3v) is 4.71. The lowest BCUT2D eigenvalue weighted by Crippen LogP contribution is -2.40. The molecule has 0 bridgehead atoms. The first kappa shape index (κ1) is 21.1. The van der Waals surface area contributed by atoms with Crippen molar-refractivity contribution in [3.8, 4) is 5.69 Å². The smallest absolute Gasteiger partial charge is 0.417 e. The zero-order valence-corrected chi connectivity index (χ0v) is 18.1. The van der Waals surface area contributed by atoms with E-state index in [1.54, 1.807) is 64.1 Å². The zero-order valence-electron chi connectivity index (χ0n) is 16.6. The minimum atomic E-state index is -0.708. The normalized spacial score (nSPS) is 11.5. The van der Waals surface area contributed by atoms with Gasteiger partial charge in [0, 0.05) is 6.54 Å². The van der Waals surface area contributed by atoms with Crippen molar-refractivity contribution in [3.05, 3.63) is 62.9 Å². The molecule has 0 spiro atoms. The van der Waals surface area contributed by atoms with Gasteiger partial charge in [0.25, 0.3) is 5.56 Å². The lowest BCUT2D eigenvalue weighted by Gasteiger charge is -2.27. The van der Waals surface area contributed by atoms with E-state index in [2.05, 4.69) is 4.98 Å². The molecule has 0 N–H and O–H groups in total. The first-order valence-electron chi connectivity index (χ1n) is 9.10. The second kappa shape index (κ2) is 8.05. The highest BCUT2D eigenvalue weighted by atomic mass is 35.5. The molecule has 2 aromatic carbocycles. The van der Waals surface area contributed by atoms with Crippen LogP contribution >= 0.6 is 23.2 Å². The van der Waals surface area contributed by atoms with Crippen molar-refractivity contribution in [2.24, 2.45) is 0 Å². The summed E-state index contributed by atoms with van der Waals surface area (Å²) in [5.74, 6) is 0.106. The number of aromatic nitrogens is 2. The Labute approximate surface area is 178 Å². The molecule has 0 radical (unpaired) electrons. The van der Waals surface area contributed by atoms with E-state index in [1.165, 1.54) is 9.47 Å². The molecule has 29 heavy (non-hydrogen) atoms. The van der Waals surface area contributed by atoms with Crippen LogP contribution in [-0.4, -0.2) is 27.8 Å². The van der Waals surface area contributed by atoms with Crippen molar-refractivity contribution < 1.29 is 9.53 Å². The van der Waals surface area contributed by atoms with E-state index >= 15 is 0 Å². The quantitative estimate of drug-likeness (QED) is 0.550. The van der Waals surface area contributed by atoms with Crippen LogP contribution in [0.2, 0.25) is 10.0 Å². The predicted molar refractivity (Wildman–Crippen MR) is 117 cm³/mol. The highest BCUT2D eigenvalue weighted by Gasteiger charge is 2.28. The summed E-state index contributed by atoms with van der Waals surface area (Å²) in [4.78, 5) is 32.2. The third kappa shape index (κ3) is 4.23. The van der Waals surface area contributed by atoms with Gasteiger partial charge >= 0.3 is 6.09 Å². The van der Waals surface area contributed by atoms with Gasteiger partial charge in [-0.05, 0) is 52.0 Å². The standard InChI is InChI=1S/C21H21Cl2N3O3/c1-5-25(20(28)29-21(2,3)4)19-24-17-15(23)12-11-14(22)16(17)18(27)26(19)13-9-7-6-8-10-13/h6-12H,5H2,1-4H3. The highest BCUT2D eigenvalue weighted by Crippen LogP contribution is 2.29. The van der Waals surface area contributed by atoms with E-state index < -0.39 is 17.3 Å². The number of carbonyl (C=O) groups excluding carboxylic acids is 1. The summed E-state index contributed by atoms with van der Waals surface area (Å²) in [5.41, 5.74) is -0.362. The number of ether oxygens (including phenoxy) is 1. The molecule has 0 aliphatic carbocycles. The Kier molecular flexibility index (Phi) is 5.87. The number of hydrogen-bond donors (Lipinski definition) is 0. The van der Waals surface area contributed by atoms with E-state index in [9.17, 15) is 9.59 Å². The lowest BCUT2D eigenvalue weighted by atomic mass is 10.2. The van der Waals surface area contributed by atoms with Gasteiger partial charge < -0.3 is 4.74 Å². The van der Waals surface area contributed by atoms with Crippen LogP contribution in [0.1, 0.15) is 27.7 Å². The molecule has 0 unspecified atom stereocenters. The summed E-state index contributed by atoms with van der Waals surface area (Å²) in [6.45, 7) is 7.32. The van der Waals surface area contributed by atoms with Gasteiger partial charge in [0.05, 0.1) is 26.6 Å². The summed E-state index contributed by atoms with van der Waals surface area (Å²) in [5, 5.41) is 0.689. The van der Waals surface area contributed by atoms with Crippen LogP contribution in [0.3, 0.4) is 0 Å². The fourth-order valence-corrected chi connectivity index (χ4v) is 3.30. The van der Waals surface area contributed by atoms with E-state index in [-0.39, 0.29) is 33.4 Å². The third-order valence-electron chi connectivity index (χ3n) is 4.09. The van der Waals surface area contributed by atoms with Crippen LogP contribution in [0.5, 0.6) is 0 Å². The average Bonchev–Trinajstić information content (AvgIpc) is 2.64. The van der Waals surface area contributed by atoms with Gasteiger partial charge in [-0.15, -0.1) is 0 Å². The summed E-state index contributed by atoms with van der Waals surface area (Å²) in [6, 6.07) is 12.0. The minimum absolute atomic E-state index is 0.106. The maximum atomic E-state index is 13.5. The summed E-state index contributed by atoms with van der Waals surface area (Å²) < 4.78 is 6.86. The molecule has 6 nitrogen and oxygen atoms in total. The topological polar surface area (TPSA) is 64.4 Å². The van der Waals surface area contributed by atoms with E-state index in [0.717, 1.165) is 0 Å². The van der Waals surface area contributed by atoms with Gasteiger partial charge in [0.15, 0.2) is 0 Å². The number of hydrogen-bond acceptors (Lipinski definition) is 4. The summed E-state index contributed by atoms with van der Waals surface area (Å²) in [6.07, 6.45) is -0.617. The molecule has 3 rings (SSSR count). The molecule has 0 fully saturated rings. The zero-order chi connectivity index (χ0) is 21.3. The van der Waals surface area contributed by atoms with Gasteiger partial charge in [-0.25, -0.2) is 19.2 Å². The molecule has 0 atom stereocenters. The molecule has 8 heteroatoms. The van der Waals surface area contributed by atoms with E-state index in [4.69, 9.17) is 27.9 Å². The molecule has 1 aromatic heterocycles. The lowest BCUT2D eigenvalue weighted by molar-refractivity contribution is 0.0579. The maximum absolute atomic E-state index is 13.5. The monoisotopic (exact) mass is 433 g/mol. The number of rotatable bonds is 3. The SMILES string of the molecule is CCN(C(=O)OC(C)(C)C)c1nc2c(Cl)ccc(Cl)c2c(=O)n1-c1ccccc1. The number of carbonyl (C=O) groups is 1. The van der Waals surface area contributed by atoms with Crippen LogP contribution in [0.15, 0.2) is 47.3 Å². The van der Waals surface area contributed by atoms with Crippen LogP contribution < -0.4 is 10.5 Å². The van der Waals surface area contributed by atoms with E-state index in [0.29, 0.717) is 5.69 Å². The molecule has 0 aliphatic heterocycles. The van der Waals surface area contributed by atoms with Crippen molar-refractivity contribution in [1.82, 2.24) is 9.55 Å². The average molecular weight is 434 g/mol. The highest BCUT2D eigenvalue weighted by molar-refractivity contribution is 6.39. The second-order valence-electron chi connectivity index (χ2n) is 7.37. The first-order valence-corrected chi connectivity index (χ1v) is 9.86. The molecular weight excluding hydrogens is 413 g/mol. The number of benzene rings is 2. The Bertz CT molecular complexity index is 1120. The Morgan fingerprint density at radius 1 is 1.10 bits per heavy atom. The molecule has 0 saturated carbocycles. The molecule has 1 heterocycles. The Balaban J connectivity index is 2.36. The fraction of sp³-hybridized carbons (Fsp3) is 0.286. The van der Waals surface area contributed by atoms with Crippen molar-refractivity contribution >= 4 is 46.1 Å². The number of nitrogens with zero attached hydrogens (tertiary/aromatic N) is 3. The predicted octanol–water partition coefficient (Wildman–Crippen LogP) is 5.45. The number of halogens is 2. The van der Waals surface area contributed by atoms with Gasteiger partial charge in [0.1, 0.15) is 5.60 Å². The van der Waals surface area contributed by atoms with Crippen LogP contribution in [0.25, 0.3) is 16.6 Å². The summed E-state index contributed by atoms with van der Waals surface area (Å²) in [7, 11) is 0. The number of amides is 1. The van der Waals surface area contributed by atoms with Crippen molar-refractivity contribution in [1.29, 1.82) is 0 Å². The van der Waals surface area contributed by atoms with Crippen molar-refractivity contribution in [2.75, 3.05) is 11.4 Å². The number of anilines is 1. The molecule has 3 aromatic rings. The molecule has 0 aliphatic rings. The van der Waals surface area contributed by atoms with Gasteiger partial charge in [-0.3, -0.25) is 4.79 Å². The number of fused-ring (bicyclic) bond motifs is 1. The maximum Gasteiger partial charge on any atom is 0.417 e. The fourth-order valence-electron chi connectivity index (χ4n) is 2.87. The van der Waals surface area contributed by atoms with Gasteiger partial charge in [-0.1, -0.05) is 41.4 Å². The first-order chi connectivity index (χ1) is 13.6. The molecule has 1 amide bonds. The van der Waals surface area contributed by atoms with Crippen LogP contribution in [0.4, 0.5) is 10.7 Å². The molecular formula is C21H21Cl2N3O3. The van der Waals surface area contributed by atoms with Crippen LogP contribution in [0, 0.1) is 0 Å². The second-order valence-corrected chi connectivity index (χ2v) is 8.18. The molecule has 0 saturated heterocycles. The Morgan fingerprint density at radius 2 is 1.72 bits per heavy atom. The summed E-state index contributed by atoms with van der Waals surface area (Å²) >= 11 is 12.6. The van der Waals surface area contributed by atoms with E-state index in [1.807, 2.05) is 6.07 Å². The number of para-hydroxylation sites is 1. The van der Waals surface area contributed by atoms with Gasteiger partial charge in [0.2, 0.25) is 5.95 Å². The largest absolute Gasteiger partial charge is 0.443 e. The van der Waals surface area contributed by atoms with Gasteiger partial charge in [-0.2, -0.15) is 0 Å². The van der Waals surface area contributed by atoms with Crippen molar-refractivity contribution in [3.63, 3.8) is 0 Å². The Hall–Kier alpha value is -2.57. The minimum Gasteiger partial charge on any atom is -0.443 e. The van der Waals surface area contributed by atoms with Crippen molar-refractivity contribution in [2.45, 2.75) is 33.3 Å². The molecule has 152 valence electrons. The Morgan fingerprint density at radius 3 is 2.31 bits per heavy atom. The van der Waals surface area contributed by atoms with Crippen LogP contribution in [-0.2, 0) is 4.74 Å².